The number of rotatable bonds is 0. The van der Waals surface area contributed by atoms with E-state index in [-0.39, 0.29) is 0 Å². The molecule has 2 nitrogen and oxygen atoms in total. The van der Waals surface area contributed by atoms with Crippen LogP contribution in [0.5, 0.6) is 0 Å². The van der Waals surface area contributed by atoms with Gasteiger partial charge in [0.1, 0.15) is 0 Å². The van der Waals surface area contributed by atoms with Gasteiger partial charge >= 0.3 is 0 Å². The van der Waals surface area contributed by atoms with Gasteiger partial charge in [-0.05, 0) is 55.8 Å². The molecule has 0 spiro atoms. The molecule has 6 atom stereocenters. The van der Waals surface area contributed by atoms with Crippen LogP contribution in [0.1, 0.15) is 32.1 Å². The number of hydrogen-bond acceptors (Lipinski definition) is 2. The number of aliphatic hydroxyl groups is 2. The Bertz CT molecular complexity index is 194. The molecule has 13 heavy (non-hydrogen) atoms. The van der Waals surface area contributed by atoms with Crippen LogP contribution in [-0.4, -0.2) is 22.4 Å². The molecule has 0 saturated heterocycles. The lowest BCUT2D eigenvalue weighted by Gasteiger charge is -2.39. The van der Waals surface area contributed by atoms with Crippen molar-refractivity contribution < 1.29 is 10.2 Å². The van der Waals surface area contributed by atoms with E-state index in [4.69, 9.17) is 0 Å². The summed E-state index contributed by atoms with van der Waals surface area (Å²) in [5.74, 6) is 3.27. The van der Waals surface area contributed by atoms with Crippen LogP contribution in [0.15, 0.2) is 0 Å². The quantitative estimate of drug-likeness (QED) is 0.590. The Morgan fingerprint density at radius 2 is 1.15 bits per heavy atom. The summed E-state index contributed by atoms with van der Waals surface area (Å²) in [4.78, 5) is 0. The van der Waals surface area contributed by atoms with Gasteiger partial charge in [-0.3, -0.25) is 0 Å². The second-order valence-corrected chi connectivity index (χ2v) is 5.27. The molecule has 0 aromatic carbocycles. The highest BCUT2D eigenvalue weighted by atomic mass is 16.3. The highest BCUT2D eigenvalue weighted by Gasteiger charge is 2.51. The van der Waals surface area contributed by atoms with E-state index in [1.165, 1.54) is 19.3 Å². The van der Waals surface area contributed by atoms with E-state index in [0.717, 1.165) is 36.5 Å². The molecule has 0 aliphatic heterocycles. The van der Waals surface area contributed by atoms with Crippen LogP contribution >= 0.6 is 0 Å². The van der Waals surface area contributed by atoms with Crippen molar-refractivity contribution in [2.75, 3.05) is 0 Å². The molecule has 2 N–H and O–H groups in total. The van der Waals surface area contributed by atoms with E-state index in [2.05, 4.69) is 0 Å². The molecule has 3 saturated carbocycles. The third kappa shape index (κ3) is 1.08. The largest absolute Gasteiger partial charge is 0.390 e. The van der Waals surface area contributed by atoms with Crippen LogP contribution < -0.4 is 0 Å². The molecule has 74 valence electrons. The van der Waals surface area contributed by atoms with Gasteiger partial charge < -0.3 is 10.2 Å². The minimum Gasteiger partial charge on any atom is -0.390 e. The Kier molecular flexibility index (Phi) is 1.72. The molecule has 3 fully saturated rings. The summed E-state index contributed by atoms with van der Waals surface area (Å²) < 4.78 is 0. The topological polar surface area (TPSA) is 40.5 Å². The van der Waals surface area contributed by atoms with Gasteiger partial charge in [-0.25, -0.2) is 0 Å². The van der Waals surface area contributed by atoms with Gasteiger partial charge in [0.15, 0.2) is 0 Å². The summed E-state index contributed by atoms with van der Waals surface area (Å²) >= 11 is 0. The Hall–Kier alpha value is -0.0800. The van der Waals surface area contributed by atoms with Gasteiger partial charge in [0, 0.05) is 0 Å². The third-order valence-corrected chi connectivity index (χ3v) is 4.75. The molecule has 2 bridgehead atoms. The average Bonchev–Trinajstić information content (AvgIpc) is 2.67. The summed E-state index contributed by atoms with van der Waals surface area (Å²) in [7, 11) is 0. The molecular formula is C11H18O2. The molecule has 2 heteroatoms. The molecule has 0 heterocycles. The first-order valence-corrected chi connectivity index (χ1v) is 5.62. The van der Waals surface area contributed by atoms with Crippen molar-refractivity contribution in [3.63, 3.8) is 0 Å². The van der Waals surface area contributed by atoms with E-state index < -0.39 is 12.2 Å². The summed E-state index contributed by atoms with van der Waals surface area (Å²) in [6.45, 7) is 0. The van der Waals surface area contributed by atoms with Gasteiger partial charge in [0.2, 0.25) is 0 Å². The van der Waals surface area contributed by atoms with Crippen LogP contribution in [-0.2, 0) is 0 Å². The van der Waals surface area contributed by atoms with Crippen molar-refractivity contribution in [2.24, 2.45) is 23.7 Å². The third-order valence-electron chi connectivity index (χ3n) is 4.75. The minimum atomic E-state index is -0.430. The van der Waals surface area contributed by atoms with Crippen molar-refractivity contribution in [1.29, 1.82) is 0 Å². The molecule has 0 radical (unpaired) electrons. The molecular weight excluding hydrogens is 164 g/mol. The van der Waals surface area contributed by atoms with Crippen molar-refractivity contribution in [2.45, 2.75) is 44.3 Å². The van der Waals surface area contributed by atoms with Crippen LogP contribution in [0, 0.1) is 23.7 Å². The van der Waals surface area contributed by atoms with E-state index in [9.17, 15) is 10.2 Å². The standard InChI is InChI=1S/C11H18O2/c12-10-4-8-6-1-2-7(3-6)9(8)5-11(10)13/h6-13H,1-5H2/t6?,7?,8?,9?,10-,11+. The molecule has 4 unspecified atom stereocenters. The maximum Gasteiger partial charge on any atom is 0.0802 e. The number of aliphatic hydroxyl groups excluding tert-OH is 2. The fourth-order valence-corrected chi connectivity index (χ4v) is 4.14. The van der Waals surface area contributed by atoms with Crippen LogP contribution in [0.25, 0.3) is 0 Å². The second kappa shape index (κ2) is 2.71. The van der Waals surface area contributed by atoms with Gasteiger partial charge in [0.05, 0.1) is 12.2 Å². The van der Waals surface area contributed by atoms with Gasteiger partial charge in [0.25, 0.3) is 0 Å². The lowest BCUT2D eigenvalue weighted by molar-refractivity contribution is -0.0593. The van der Waals surface area contributed by atoms with Gasteiger partial charge in [-0.1, -0.05) is 0 Å². The normalized spacial score (nSPS) is 59.5. The highest BCUT2D eigenvalue weighted by molar-refractivity contribution is 5.01. The second-order valence-electron chi connectivity index (χ2n) is 5.27. The molecule has 3 aliphatic rings. The zero-order valence-electron chi connectivity index (χ0n) is 7.89. The van der Waals surface area contributed by atoms with Crippen molar-refractivity contribution in [1.82, 2.24) is 0 Å². The number of hydrogen-bond donors (Lipinski definition) is 2. The van der Waals surface area contributed by atoms with E-state index in [1.54, 1.807) is 0 Å². The first kappa shape index (κ1) is 8.25. The first-order valence-electron chi connectivity index (χ1n) is 5.62. The van der Waals surface area contributed by atoms with Crippen LogP contribution in [0.3, 0.4) is 0 Å². The predicted molar refractivity (Wildman–Crippen MR) is 49.1 cm³/mol. The van der Waals surface area contributed by atoms with Crippen LogP contribution in [0.4, 0.5) is 0 Å². The lowest BCUT2D eigenvalue weighted by Crippen LogP contribution is -2.41. The maximum atomic E-state index is 9.60. The van der Waals surface area contributed by atoms with Crippen molar-refractivity contribution in [3.05, 3.63) is 0 Å². The zero-order valence-corrected chi connectivity index (χ0v) is 7.89. The fourth-order valence-electron chi connectivity index (χ4n) is 4.14. The zero-order chi connectivity index (χ0) is 9.00. The summed E-state index contributed by atoms with van der Waals surface area (Å²) in [6.07, 6.45) is 5.03. The van der Waals surface area contributed by atoms with Crippen molar-refractivity contribution >= 4 is 0 Å². The minimum absolute atomic E-state index is 0.430. The number of fused-ring (bicyclic) bond motifs is 5. The van der Waals surface area contributed by atoms with Crippen molar-refractivity contribution in [3.8, 4) is 0 Å². The molecule has 3 rings (SSSR count). The Morgan fingerprint density at radius 3 is 1.62 bits per heavy atom. The van der Waals surface area contributed by atoms with Crippen LogP contribution in [0.2, 0.25) is 0 Å². The molecule has 0 aromatic rings. The SMILES string of the molecule is O[C@@H]1CC2C3CCC(C3)C2C[C@@H]1O. The summed E-state index contributed by atoms with van der Waals surface area (Å²) in [6, 6.07) is 0. The Morgan fingerprint density at radius 1 is 0.692 bits per heavy atom. The van der Waals surface area contributed by atoms with E-state index in [1.807, 2.05) is 0 Å². The Labute approximate surface area is 79.0 Å². The summed E-state index contributed by atoms with van der Waals surface area (Å²) in [5, 5.41) is 19.2. The maximum absolute atomic E-state index is 9.60. The lowest BCUT2D eigenvalue weighted by atomic mass is 9.69. The van der Waals surface area contributed by atoms with E-state index in [0.29, 0.717) is 0 Å². The molecule has 0 amide bonds. The summed E-state index contributed by atoms with van der Waals surface area (Å²) in [5.41, 5.74) is 0. The smallest absolute Gasteiger partial charge is 0.0802 e. The Balaban J connectivity index is 1.81. The predicted octanol–water partition coefficient (Wildman–Crippen LogP) is 1.16. The molecule has 0 aromatic heterocycles. The fraction of sp³-hybridized carbons (Fsp3) is 1.00. The average molecular weight is 182 g/mol. The first-order chi connectivity index (χ1) is 6.25. The monoisotopic (exact) mass is 182 g/mol. The van der Waals surface area contributed by atoms with Gasteiger partial charge in [-0.2, -0.15) is 0 Å². The van der Waals surface area contributed by atoms with E-state index >= 15 is 0 Å². The molecule has 3 aliphatic carbocycles. The highest BCUT2D eigenvalue weighted by Crippen LogP contribution is 2.57. The van der Waals surface area contributed by atoms with Gasteiger partial charge in [-0.15, -0.1) is 0 Å².